The lowest BCUT2D eigenvalue weighted by molar-refractivity contribution is -0.0277. The monoisotopic (exact) mass is 459 g/mol. The molecule has 0 aromatic heterocycles. The number of fused-ring (bicyclic) bond motifs is 1. The van der Waals surface area contributed by atoms with Crippen molar-refractivity contribution in [1.29, 1.82) is 0 Å². The molecule has 5 rings (SSSR count). The molecule has 0 atom stereocenters. The maximum absolute atomic E-state index is 12.7. The van der Waals surface area contributed by atoms with E-state index in [1.807, 2.05) is 36.4 Å². The molecule has 6 heteroatoms. The van der Waals surface area contributed by atoms with E-state index in [-0.39, 0.29) is 5.91 Å². The van der Waals surface area contributed by atoms with Crippen LogP contribution in [0, 0.1) is 0 Å². The lowest BCUT2D eigenvalue weighted by Crippen LogP contribution is -2.43. The number of anilines is 1. The van der Waals surface area contributed by atoms with E-state index in [1.165, 1.54) is 16.7 Å². The molecular weight excluding hydrogens is 430 g/mol. The fourth-order valence-corrected chi connectivity index (χ4v) is 5.05. The number of nitrogens with zero attached hydrogens (tertiary/aromatic N) is 2. The Hall–Kier alpha value is -2.64. The van der Waals surface area contributed by atoms with Crippen LogP contribution in [0.15, 0.2) is 77.7 Å². The molecule has 5 nitrogen and oxygen atoms in total. The van der Waals surface area contributed by atoms with Crippen LogP contribution in [0.2, 0.25) is 0 Å². The molecule has 0 radical (unpaired) electrons. The van der Waals surface area contributed by atoms with Crippen molar-refractivity contribution in [3.05, 3.63) is 95.1 Å². The molecule has 3 aromatic carbocycles. The van der Waals surface area contributed by atoms with Gasteiger partial charge in [0, 0.05) is 35.8 Å². The summed E-state index contributed by atoms with van der Waals surface area (Å²) in [6, 6.07) is 25.1. The van der Waals surface area contributed by atoms with Crippen LogP contribution in [0.5, 0.6) is 0 Å². The number of amides is 1. The van der Waals surface area contributed by atoms with Crippen LogP contribution in [0.4, 0.5) is 5.69 Å². The second kappa shape index (κ2) is 10.1. The van der Waals surface area contributed by atoms with Crippen LogP contribution in [-0.4, -0.2) is 48.0 Å². The van der Waals surface area contributed by atoms with Gasteiger partial charge in [0.2, 0.25) is 0 Å². The van der Waals surface area contributed by atoms with Crippen molar-refractivity contribution in [2.45, 2.75) is 30.4 Å². The SMILES string of the molecule is CN(Sc1ccc(NC(=O)c2ccc(CN3CCc4ccccc4C3)cc2)cc1)C1COC1. The Morgan fingerprint density at radius 3 is 2.45 bits per heavy atom. The first kappa shape index (κ1) is 22.2. The minimum absolute atomic E-state index is 0.0856. The van der Waals surface area contributed by atoms with Gasteiger partial charge < -0.3 is 10.1 Å². The van der Waals surface area contributed by atoms with Crippen molar-refractivity contribution in [3.63, 3.8) is 0 Å². The van der Waals surface area contributed by atoms with Gasteiger partial charge in [0.1, 0.15) is 0 Å². The van der Waals surface area contributed by atoms with Crippen LogP contribution in [0.3, 0.4) is 0 Å². The summed E-state index contributed by atoms with van der Waals surface area (Å²) < 4.78 is 7.48. The number of hydrogen-bond acceptors (Lipinski definition) is 5. The van der Waals surface area contributed by atoms with Crippen molar-refractivity contribution >= 4 is 23.5 Å². The number of rotatable bonds is 7. The summed E-state index contributed by atoms with van der Waals surface area (Å²) in [7, 11) is 2.08. The fourth-order valence-electron chi connectivity index (χ4n) is 4.19. The fraction of sp³-hybridized carbons (Fsp3) is 0.296. The van der Waals surface area contributed by atoms with E-state index in [1.54, 1.807) is 11.9 Å². The van der Waals surface area contributed by atoms with Gasteiger partial charge in [-0.05, 0) is 78.5 Å². The van der Waals surface area contributed by atoms with Gasteiger partial charge in [-0.25, -0.2) is 4.31 Å². The van der Waals surface area contributed by atoms with Crippen LogP contribution >= 0.6 is 11.9 Å². The summed E-state index contributed by atoms with van der Waals surface area (Å²) in [5, 5.41) is 3.00. The van der Waals surface area contributed by atoms with Gasteiger partial charge in [-0.1, -0.05) is 36.4 Å². The summed E-state index contributed by atoms with van der Waals surface area (Å²) in [6.45, 7) is 4.54. The minimum atomic E-state index is -0.0856. The summed E-state index contributed by atoms with van der Waals surface area (Å²) in [4.78, 5) is 16.3. The van der Waals surface area contributed by atoms with Crippen molar-refractivity contribution in [2.24, 2.45) is 0 Å². The van der Waals surface area contributed by atoms with E-state index < -0.39 is 0 Å². The molecule has 0 spiro atoms. The van der Waals surface area contributed by atoms with E-state index in [0.717, 1.165) is 49.9 Å². The van der Waals surface area contributed by atoms with Gasteiger partial charge in [0.05, 0.1) is 19.3 Å². The third kappa shape index (κ3) is 5.47. The molecule has 170 valence electrons. The molecule has 1 saturated heterocycles. The number of hydrogen-bond donors (Lipinski definition) is 1. The number of carbonyl (C=O) groups excluding carboxylic acids is 1. The highest BCUT2D eigenvalue weighted by atomic mass is 32.2. The third-order valence-corrected chi connectivity index (χ3v) is 7.40. The molecule has 0 unspecified atom stereocenters. The summed E-state index contributed by atoms with van der Waals surface area (Å²) >= 11 is 1.70. The normalized spacial score (nSPS) is 16.3. The maximum Gasteiger partial charge on any atom is 0.255 e. The number of nitrogens with one attached hydrogen (secondary N) is 1. The van der Waals surface area contributed by atoms with Gasteiger partial charge >= 0.3 is 0 Å². The highest BCUT2D eigenvalue weighted by molar-refractivity contribution is 7.97. The number of benzene rings is 3. The summed E-state index contributed by atoms with van der Waals surface area (Å²) in [5.41, 5.74) is 5.59. The standard InChI is InChI=1S/C27H29N3O2S/c1-29(25-18-32-19-25)33-26-12-10-24(11-13-26)28-27(31)22-8-6-20(7-9-22)16-30-15-14-21-4-2-3-5-23(21)17-30/h2-13,25H,14-19H2,1H3,(H,28,31). The first-order valence-corrected chi connectivity index (χ1v) is 12.2. The molecule has 1 N–H and O–H groups in total. The van der Waals surface area contributed by atoms with Gasteiger partial charge in [-0.15, -0.1) is 0 Å². The predicted molar refractivity (Wildman–Crippen MR) is 133 cm³/mol. The van der Waals surface area contributed by atoms with E-state index in [9.17, 15) is 4.79 Å². The van der Waals surface area contributed by atoms with Gasteiger partial charge in [-0.2, -0.15) is 0 Å². The average molecular weight is 460 g/mol. The van der Waals surface area contributed by atoms with Crippen molar-refractivity contribution in [2.75, 3.05) is 32.1 Å². The third-order valence-electron chi connectivity index (χ3n) is 6.33. The van der Waals surface area contributed by atoms with E-state index in [4.69, 9.17) is 4.74 Å². The topological polar surface area (TPSA) is 44.8 Å². The molecule has 2 heterocycles. The number of likely N-dealkylation sites (N-methyl/N-ethyl adjacent to an activating group) is 1. The lowest BCUT2D eigenvalue weighted by Gasteiger charge is -2.33. The first-order valence-electron chi connectivity index (χ1n) is 11.4. The zero-order valence-corrected chi connectivity index (χ0v) is 19.7. The molecule has 0 saturated carbocycles. The minimum Gasteiger partial charge on any atom is -0.378 e. The molecule has 0 bridgehead atoms. The Morgan fingerprint density at radius 1 is 1.03 bits per heavy atom. The molecule has 1 amide bonds. The lowest BCUT2D eigenvalue weighted by atomic mass is 9.99. The largest absolute Gasteiger partial charge is 0.378 e. The molecule has 3 aromatic rings. The molecular formula is C27H29N3O2S. The summed E-state index contributed by atoms with van der Waals surface area (Å²) in [5.74, 6) is -0.0856. The predicted octanol–water partition coefficient (Wildman–Crippen LogP) is 4.83. The number of carbonyl (C=O) groups is 1. The van der Waals surface area contributed by atoms with Gasteiger partial charge in [-0.3, -0.25) is 9.69 Å². The van der Waals surface area contributed by atoms with Crippen LogP contribution in [0.1, 0.15) is 27.0 Å². The molecule has 2 aliphatic heterocycles. The quantitative estimate of drug-likeness (QED) is 0.513. The molecule has 1 fully saturated rings. The van der Waals surface area contributed by atoms with E-state index >= 15 is 0 Å². The van der Waals surface area contributed by atoms with Gasteiger partial charge in [0.25, 0.3) is 5.91 Å². The van der Waals surface area contributed by atoms with Crippen LogP contribution in [-0.2, 0) is 24.2 Å². The average Bonchev–Trinajstić information content (AvgIpc) is 2.79. The first-order chi connectivity index (χ1) is 16.1. The number of ether oxygens (including phenoxy) is 1. The Morgan fingerprint density at radius 2 is 1.76 bits per heavy atom. The Kier molecular flexibility index (Phi) is 6.78. The highest BCUT2D eigenvalue weighted by Crippen LogP contribution is 2.27. The molecule has 0 aliphatic carbocycles. The Labute approximate surface area is 199 Å². The molecule has 2 aliphatic rings. The van der Waals surface area contributed by atoms with E-state index in [0.29, 0.717) is 11.6 Å². The maximum atomic E-state index is 12.7. The zero-order chi connectivity index (χ0) is 22.6. The van der Waals surface area contributed by atoms with Crippen LogP contribution in [0.25, 0.3) is 0 Å². The smallest absolute Gasteiger partial charge is 0.255 e. The Bertz CT molecular complexity index is 1100. The van der Waals surface area contributed by atoms with Gasteiger partial charge in [0.15, 0.2) is 0 Å². The molecule has 33 heavy (non-hydrogen) atoms. The second-order valence-electron chi connectivity index (χ2n) is 8.73. The summed E-state index contributed by atoms with van der Waals surface area (Å²) in [6.07, 6.45) is 1.10. The van der Waals surface area contributed by atoms with Crippen LogP contribution < -0.4 is 5.32 Å². The Balaban J connectivity index is 1.14. The van der Waals surface area contributed by atoms with Crippen molar-refractivity contribution < 1.29 is 9.53 Å². The van der Waals surface area contributed by atoms with Crippen molar-refractivity contribution in [1.82, 2.24) is 9.21 Å². The second-order valence-corrected chi connectivity index (χ2v) is 9.96. The van der Waals surface area contributed by atoms with E-state index in [2.05, 4.69) is 58.0 Å². The zero-order valence-electron chi connectivity index (χ0n) is 18.9. The highest BCUT2D eigenvalue weighted by Gasteiger charge is 2.23. The van der Waals surface area contributed by atoms with Crippen molar-refractivity contribution in [3.8, 4) is 0 Å².